The molecule has 0 aromatic heterocycles. The first-order chi connectivity index (χ1) is 10.6. The van der Waals surface area contributed by atoms with Gasteiger partial charge in [0.25, 0.3) is 0 Å². The second kappa shape index (κ2) is 6.46. The van der Waals surface area contributed by atoms with Crippen LogP contribution >= 0.6 is 0 Å². The average Bonchev–Trinajstić information content (AvgIpc) is 2.96. The van der Waals surface area contributed by atoms with Gasteiger partial charge in [-0.05, 0) is 23.3 Å². The monoisotopic (exact) mass is 298 g/mol. The Balaban J connectivity index is 1.66. The third-order valence-electron chi connectivity index (χ3n) is 4.51. The van der Waals surface area contributed by atoms with Gasteiger partial charge in [0.1, 0.15) is 0 Å². The first kappa shape index (κ1) is 15.0. The summed E-state index contributed by atoms with van der Waals surface area (Å²) in [5.41, 5.74) is 1.02. The van der Waals surface area contributed by atoms with E-state index in [1.807, 2.05) is 25.1 Å². The smallest absolute Gasteiger partial charge is 0.227 e. The molecule has 0 bridgehead atoms. The van der Waals surface area contributed by atoms with Crippen LogP contribution in [0.25, 0.3) is 10.8 Å². The summed E-state index contributed by atoms with van der Waals surface area (Å²) < 4.78 is 0. The third kappa shape index (κ3) is 3.13. The molecule has 3 unspecified atom stereocenters. The molecule has 1 fully saturated rings. The van der Waals surface area contributed by atoms with Crippen LogP contribution < -0.4 is 10.6 Å². The van der Waals surface area contributed by atoms with Crippen LogP contribution in [0.2, 0.25) is 0 Å². The Labute approximate surface area is 130 Å². The largest absolute Gasteiger partial charge is 0.391 e. The van der Waals surface area contributed by atoms with Gasteiger partial charge < -0.3 is 15.7 Å². The van der Waals surface area contributed by atoms with E-state index in [4.69, 9.17) is 0 Å². The van der Waals surface area contributed by atoms with Crippen LogP contribution in [0.1, 0.15) is 18.4 Å². The van der Waals surface area contributed by atoms with Crippen LogP contribution in [0, 0.1) is 5.92 Å². The van der Waals surface area contributed by atoms with E-state index in [2.05, 4.69) is 34.9 Å². The molecule has 0 spiro atoms. The van der Waals surface area contributed by atoms with E-state index in [1.54, 1.807) is 0 Å². The van der Waals surface area contributed by atoms with Gasteiger partial charge in [-0.25, -0.2) is 0 Å². The Morgan fingerprint density at radius 1 is 1.27 bits per heavy atom. The molecule has 1 aliphatic heterocycles. The fourth-order valence-electron chi connectivity index (χ4n) is 2.94. The van der Waals surface area contributed by atoms with Gasteiger partial charge in [0.05, 0.1) is 12.0 Å². The lowest BCUT2D eigenvalue weighted by Gasteiger charge is -2.17. The maximum absolute atomic E-state index is 12.3. The zero-order valence-electron chi connectivity index (χ0n) is 12.8. The number of aliphatic hydroxyl groups excluding tert-OH is 1. The van der Waals surface area contributed by atoms with Gasteiger partial charge in [0.2, 0.25) is 5.91 Å². The van der Waals surface area contributed by atoms with E-state index < -0.39 is 0 Å². The molecule has 1 heterocycles. The topological polar surface area (TPSA) is 61.4 Å². The van der Waals surface area contributed by atoms with Crippen molar-refractivity contribution in [3.05, 3.63) is 48.0 Å². The number of hydrogen-bond donors (Lipinski definition) is 3. The standard InChI is InChI=1S/C18H22N2O2/c1-12(18(22)20-10-16-9-19-11-17(16)21)14-7-6-13-4-2-3-5-15(13)8-14/h2-8,12,16-17,19,21H,9-11H2,1H3,(H,20,22). The number of amides is 1. The Hall–Kier alpha value is -1.91. The average molecular weight is 298 g/mol. The maximum Gasteiger partial charge on any atom is 0.227 e. The molecule has 0 aliphatic carbocycles. The fraction of sp³-hybridized carbons (Fsp3) is 0.389. The van der Waals surface area contributed by atoms with E-state index in [0.29, 0.717) is 13.1 Å². The molecule has 22 heavy (non-hydrogen) atoms. The molecular formula is C18H22N2O2. The molecule has 4 nitrogen and oxygen atoms in total. The second-order valence-electron chi connectivity index (χ2n) is 6.06. The zero-order valence-corrected chi connectivity index (χ0v) is 12.8. The summed E-state index contributed by atoms with van der Waals surface area (Å²) in [6.45, 7) is 3.81. The lowest BCUT2D eigenvalue weighted by Crippen LogP contribution is -2.36. The fourth-order valence-corrected chi connectivity index (χ4v) is 2.94. The van der Waals surface area contributed by atoms with Crippen molar-refractivity contribution in [3.8, 4) is 0 Å². The van der Waals surface area contributed by atoms with Gasteiger partial charge >= 0.3 is 0 Å². The highest BCUT2D eigenvalue weighted by Crippen LogP contribution is 2.22. The van der Waals surface area contributed by atoms with Crippen molar-refractivity contribution in [2.75, 3.05) is 19.6 Å². The molecule has 1 saturated heterocycles. The van der Waals surface area contributed by atoms with E-state index in [0.717, 1.165) is 17.5 Å². The van der Waals surface area contributed by atoms with Crippen LogP contribution in [0.15, 0.2) is 42.5 Å². The predicted octanol–water partition coefficient (Wildman–Crippen LogP) is 1.64. The Bertz CT molecular complexity index is 671. The molecule has 1 amide bonds. The lowest BCUT2D eigenvalue weighted by molar-refractivity contribution is -0.122. The number of aliphatic hydroxyl groups is 1. The van der Waals surface area contributed by atoms with Crippen LogP contribution in [0.3, 0.4) is 0 Å². The third-order valence-corrected chi connectivity index (χ3v) is 4.51. The van der Waals surface area contributed by atoms with Crippen LogP contribution in [0.5, 0.6) is 0 Å². The van der Waals surface area contributed by atoms with Gasteiger partial charge in [-0.3, -0.25) is 4.79 Å². The van der Waals surface area contributed by atoms with Crippen molar-refractivity contribution in [1.29, 1.82) is 0 Å². The summed E-state index contributed by atoms with van der Waals surface area (Å²) in [5.74, 6) is -0.0850. The zero-order chi connectivity index (χ0) is 15.5. The van der Waals surface area contributed by atoms with Crippen molar-refractivity contribution in [2.45, 2.75) is 18.9 Å². The molecule has 4 heteroatoms. The summed E-state index contributed by atoms with van der Waals surface area (Å²) in [6, 6.07) is 14.3. The van der Waals surface area contributed by atoms with E-state index >= 15 is 0 Å². The summed E-state index contributed by atoms with van der Waals surface area (Å²) in [5, 5.41) is 18.2. The van der Waals surface area contributed by atoms with Gasteiger partial charge in [-0.15, -0.1) is 0 Å². The van der Waals surface area contributed by atoms with Crippen molar-refractivity contribution < 1.29 is 9.90 Å². The Kier molecular flexibility index (Phi) is 4.41. The van der Waals surface area contributed by atoms with Gasteiger partial charge in [0.15, 0.2) is 0 Å². The SMILES string of the molecule is CC(C(=O)NCC1CNCC1O)c1ccc2ccccc2c1. The van der Waals surface area contributed by atoms with Crippen LogP contribution in [0.4, 0.5) is 0 Å². The highest BCUT2D eigenvalue weighted by molar-refractivity contribution is 5.87. The number of carbonyl (C=O) groups is 1. The molecule has 3 rings (SSSR count). The number of fused-ring (bicyclic) bond motifs is 1. The molecule has 0 radical (unpaired) electrons. The molecule has 116 valence electrons. The van der Waals surface area contributed by atoms with Gasteiger partial charge in [0, 0.05) is 25.6 Å². The highest BCUT2D eigenvalue weighted by atomic mass is 16.3. The van der Waals surface area contributed by atoms with E-state index in [-0.39, 0.29) is 23.8 Å². The maximum atomic E-state index is 12.3. The first-order valence-corrected chi connectivity index (χ1v) is 7.80. The number of β-amino-alcohol motifs (C(OH)–C–C–N with tert-alkyl or cyclic N) is 1. The molecule has 1 aliphatic rings. The van der Waals surface area contributed by atoms with E-state index in [1.165, 1.54) is 5.39 Å². The summed E-state index contributed by atoms with van der Waals surface area (Å²) in [4.78, 5) is 12.3. The Morgan fingerprint density at radius 3 is 2.77 bits per heavy atom. The quantitative estimate of drug-likeness (QED) is 0.804. The van der Waals surface area contributed by atoms with Crippen LogP contribution in [-0.2, 0) is 4.79 Å². The molecule has 0 saturated carbocycles. The predicted molar refractivity (Wildman–Crippen MR) is 87.7 cm³/mol. The first-order valence-electron chi connectivity index (χ1n) is 7.80. The minimum absolute atomic E-state index is 0.00869. The lowest BCUT2D eigenvalue weighted by atomic mass is 9.96. The molecule has 3 N–H and O–H groups in total. The van der Waals surface area contributed by atoms with Crippen molar-refractivity contribution in [3.63, 3.8) is 0 Å². The minimum atomic E-state index is -0.365. The normalized spacial score (nSPS) is 22.6. The molecular weight excluding hydrogens is 276 g/mol. The van der Waals surface area contributed by atoms with E-state index in [9.17, 15) is 9.90 Å². The number of carbonyl (C=O) groups excluding carboxylic acids is 1. The number of nitrogens with one attached hydrogen (secondary N) is 2. The summed E-state index contributed by atoms with van der Waals surface area (Å²) >= 11 is 0. The minimum Gasteiger partial charge on any atom is -0.391 e. The summed E-state index contributed by atoms with van der Waals surface area (Å²) in [6.07, 6.45) is -0.365. The molecule has 2 aromatic carbocycles. The number of hydrogen-bond acceptors (Lipinski definition) is 3. The Morgan fingerprint density at radius 2 is 2.05 bits per heavy atom. The number of rotatable bonds is 4. The summed E-state index contributed by atoms with van der Waals surface area (Å²) in [7, 11) is 0. The highest BCUT2D eigenvalue weighted by Gasteiger charge is 2.26. The molecule has 3 atom stereocenters. The van der Waals surface area contributed by atoms with Crippen molar-refractivity contribution in [1.82, 2.24) is 10.6 Å². The number of benzene rings is 2. The van der Waals surface area contributed by atoms with Gasteiger partial charge in [-0.1, -0.05) is 42.5 Å². The van der Waals surface area contributed by atoms with Crippen LogP contribution in [-0.4, -0.2) is 36.8 Å². The molecule has 2 aromatic rings. The van der Waals surface area contributed by atoms with Crippen molar-refractivity contribution in [2.24, 2.45) is 5.92 Å². The van der Waals surface area contributed by atoms with Crippen molar-refractivity contribution >= 4 is 16.7 Å². The second-order valence-corrected chi connectivity index (χ2v) is 6.06. The van der Waals surface area contributed by atoms with Gasteiger partial charge in [-0.2, -0.15) is 0 Å².